The number of hydrogen-bond acceptors (Lipinski definition) is 2. The number of aliphatic hydroxyl groups excluding tert-OH is 1. The molecule has 2 aromatic carbocycles. The summed E-state index contributed by atoms with van der Waals surface area (Å²) < 4.78 is 0. The first-order chi connectivity index (χ1) is 10.1. The van der Waals surface area contributed by atoms with E-state index in [2.05, 4.69) is 17.2 Å². The second kappa shape index (κ2) is 6.94. The average Bonchev–Trinajstić information content (AvgIpc) is 2.46. The summed E-state index contributed by atoms with van der Waals surface area (Å²) in [6.45, 7) is 1.68. The molecule has 0 aliphatic carbocycles. The van der Waals surface area contributed by atoms with E-state index in [1.54, 1.807) is 30.3 Å². The van der Waals surface area contributed by atoms with Gasteiger partial charge in [-0.2, -0.15) is 0 Å². The molecule has 2 N–H and O–H groups in total. The van der Waals surface area contributed by atoms with Crippen LogP contribution in [-0.4, -0.2) is 17.6 Å². The highest BCUT2D eigenvalue weighted by atomic mass is 35.5. The van der Waals surface area contributed by atoms with Crippen molar-refractivity contribution in [2.45, 2.75) is 6.92 Å². The molecule has 0 heterocycles. The van der Waals surface area contributed by atoms with Crippen LogP contribution in [0.3, 0.4) is 0 Å². The summed E-state index contributed by atoms with van der Waals surface area (Å²) in [7, 11) is 0. The molecule has 0 saturated carbocycles. The third-order valence-electron chi connectivity index (χ3n) is 2.81. The smallest absolute Gasteiger partial charge is 0.255 e. The highest BCUT2D eigenvalue weighted by molar-refractivity contribution is 6.31. The summed E-state index contributed by atoms with van der Waals surface area (Å²) >= 11 is 5.96. The molecular formula is C17H14ClNO2. The van der Waals surface area contributed by atoms with Crippen LogP contribution >= 0.6 is 11.6 Å². The Labute approximate surface area is 128 Å². The number of nitrogens with one attached hydrogen (secondary N) is 1. The normalized spacial score (nSPS) is 9.67. The van der Waals surface area contributed by atoms with Crippen LogP contribution in [0.2, 0.25) is 5.02 Å². The summed E-state index contributed by atoms with van der Waals surface area (Å²) in [5, 5.41) is 12.1. The van der Waals surface area contributed by atoms with Crippen molar-refractivity contribution in [1.29, 1.82) is 0 Å². The Morgan fingerprint density at radius 2 is 2.10 bits per heavy atom. The monoisotopic (exact) mass is 299 g/mol. The van der Waals surface area contributed by atoms with Gasteiger partial charge >= 0.3 is 0 Å². The molecule has 0 spiro atoms. The number of aryl methyl sites for hydroxylation is 1. The molecule has 4 heteroatoms. The number of benzene rings is 2. The van der Waals surface area contributed by atoms with Crippen LogP contribution in [0.5, 0.6) is 0 Å². The lowest BCUT2D eigenvalue weighted by atomic mass is 10.1. The van der Waals surface area contributed by atoms with Crippen LogP contribution in [0.1, 0.15) is 21.5 Å². The van der Waals surface area contributed by atoms with Crippen LogP contribution in [0.25, 0.3) is 0 Å². The SMILES string of the molecule is Cc1cccc(C(=O)Nc2cc(Cl)ccc2C#CCO)c1. The van der Waals surface area contributed by atoms with Crippen molar-refractivity contribution in [2.24, 2.45) is 0 Å². The third-order valence-corrected chi connectivity index (χ3v) is 3.05. The molecular weight excluding hydrogens is 286 g/mol. The van der Waals surface area contributed by atoms with Gasteiger partial charge in [-0.3, -0.25) is 4.79 Å². The largest absolute Gasteiger partial charge is 0.384 e. The van der Waals surface area contributed by atoms with Crippen LogP contribution in [-0.2, 0) is 0 Å². The van der Waals surface area contributed by atoms with E-state index >= 15 is 0 Å². The van der Waals surface area contributed by atoms with Crippen molar-refractivity contribution in [1.82, 2.24) is 0 Å². The number of halogens is 1. The van der Waals surface area contributed by atoms with Gasteiger partial charge in [-0.1, -0.05) is 41.1 Å². The minimum atomic E-state index is -0.242. The predicted molar refractivity (Wildman–Crippen MR) is 84.5 cm³/mol. The molecule has 0 aliphatic rings. The van der Waals surface area contributed by atoms with Gasteiger partial charge in [-0.15, -0.1) is 0 Å². The van der Waals surface area contributed by atoms with Crippen LogP contribution in [0.15, 0.2) is 42.5 Å². The summed E-state index contributed by atoms with van der Waals surface area (Å²) in [5.74, 6) is 5.11. The fourth-order valence-electron chi connectivity index (χ4n) is 1.84. The molecule has 2 aromatic rings. The van der Waals surface area contributed by atoms with Crippen molar-refractivity contribution in [3.8, 4) is 11.8 Å². The Hall–Kier alpha value is -2.28. The van der Waals surface area contributed by atoms with Crippen molar-refractivity contribution in [2.75, 3.05) is 11.9 Å². The standard InChI is InChI=1S/C17H14ClNO2/c1-12-4-2-5-14(10-12)17(21)19-16-11-15(18)8-7-13(16)6-3-9-20/h2,4-5,7-8,10-11,20H,9H2,1H3,(H,19,21). The number of anilines is 1. The molecule has 0 saturated heterocycles. The van der Waals surface area contributed by atoms with Gasteiger partial charge in [-0.25, -0.2) is 0 Å². The zero-order valence-electron chi connectivity index (χ0n) is 11.5. The highest BCUT2D eigenvalue weighted by Crippen LogP contribution is 2.21. The van der Waals surface area contributed by atoms with Gasteiger partial charge in [0.2, 0.25) is 0 Å². The summed E-state index contributed by atoms with van der Waals surface area (Å²) in [6.07, 6.45) is 0. The maximum atomic E-state index is 12.3. The van der Waals surface area contributed by atoms with Crippen molar-refractivity contribution in [3.05, 3.63) is 64.2 Å². The molecule has 0 aliphatic heterocycles. The summed E-state index contributed by atoms with van der Waals surface area (Å²) in [4.78, 5) is 12.3. The lowest BCUT2D eigenvalue weighted by Gasteiger charge is -2.08. The second-order valence-corrected chi connectivity index (χ2v) is 4.91. The predicted octanol–water partition coefficient (Wildman–Crippen LogP) is 3.24. The number of aliphatic hydroxyl groups is 1. The second-order valence-electron chi connectivity index (χ2n) is 4.47. The van der Waals surface area contributed by atoms with Gasteiger partial charge in [-0.05, 0) is 37.3 Å². The highest BCUT2D eigenvalue weighted by Gasteiger charge is 2.09. The number of amides is 1. The summed E-state index contributed by atoms with van der Waals surface area (Å²) in [5.41, 5.74) is 2.70. The van der Waals surface area contributed by atoms with Gasteiger partial charge in [0.1, 0.15) is 6.61 Å². The zero-order valence-corrected chi connectivity index (χ0v) is 12.2. The fourth-order valence-corrected chi connectivity index (χ4v) is 2.02. The first-order valence-corrected chi connectivity index (χ1v) is 6.75. The first-order valence-electron chi connectivity index (χ1n) is 6.37. The van der Waals surface area contributed by atoms with Crippen LogP contribution < -0.4 is 5.32 Å². The molecule has 3 nitrogen and oxygen atoms in total. The minimum absolute atomic E-state index is 0.229. The molecule has 0 atom stereocenters. The van der Waals surface area contributed by atoms with E-state index in [-0.39, 0.29) is 12.5 Å². The lowest BCUT2D eigenvalue weighted by Crippen LogP contribution is -2.13. The van der Waals surface area contributed by atoms with Gasteiger partial charge in [0.25, 0.3) is 5.91 Å². The number of hydrogen-bond donors (Lipinski definition) is 2. The van der Waals surface area contributed by atoms with Crippen LogP contribution in [0, 0.1) is 18.8 Å². The van der Waals surface area contributed by atoms with Gasteiger partial charge in [0.05, 0.1) is 5.69 Å². The minimum Gasteiger partial charge on any atom is -0.384 e. The number of carbonyl (C=O) groups excluding carboxylic acids is 1. The average molecular weight is 300 g/mol. The summed E-state index contributed by atoms with van der Waals surface area (Å²) in [6, 6.07) is 12.3. The Morgan fingerprint density at radius 1 is 1.29 bits per heavy atom. The first kappa shape index (κ1) is 15.1. The van der Waals surface area contributed by atoms with Crippen molar-refractivity contribution < 1.29 is 9.90 Å². The van der Waals surface area contributed by atoms with E-state index < -0.39 is 0 Å². The Balaban J connectivity index is 2.30. The maximum absolute atomic E-state index is 12.3. The van der Waals surface area contributed by atoms with E-state index in [1.165, 1.54) is 0 Å². The molecule has 0 fully saturated rings. The van der Waals surface area contributed by atoms with E-state index in [0.717, 1.165) is 5.56 Å². The van der Waals surface area contributed by atoms with Crippen molar-refractivity contribution in [3.63, 3.8) is 0 Å². The fraction of sp³-hybridized carbons (Fsp3) is 0.118. The Bertz CT molecular complexity index is 729. The van der Waals surface area contributed by atoms with E-state index in [4.69, 9.17) is 16.7 Å². The quantitative estimate of drug-likeness (QED) is 0.836. The molecule has 0 aromatic heterocycles. The molecule has 2 rings (SSSR count). The van der Waals surface area contributed by atoms with Gasteiger partial charge in [0, 0.05) is 16.1 Å². The van der Waals surface area contributed by atoms with E-state index in [9.17, 15) is 4.79 Å². The molecule has 0 unspecified atom stereocenters. The van der Waals surface area contributed by atoms with E-state index in [0.29, 0.717) is 21.8 Å². The van der Waals surface area contributed by atoms with E-state index in [1.807, 2.05) is 19.1 Å². The molecule has 0 radical (unpaired) electrons. The zero-order chi connectivity index (χ0) is 15.2. The van der Waals surface area contributed by atoms with Crippen molar-refractivity contribution >= 4 is 23.2 Å². The third kappa shape index (κ3) is 4.09. The van der Waals surface area contributed by atoms with Gasteiger partial charge < -0.3 is 10.4 Å². The molecule has 106 valence electrons. The van der Waals surface area contributed by atoms with Gasteiger partial charge in [0.15, 0.2) is 0 Å². The number of rotatable bonds is 2. The molecule has 21 heavy (non-hydrogen) atoms. The lowest BCUT2D eigenvalue weighted by molar-refractivity contribution is 0.102. The van der Waals surface area contributed by atoms with Crippen LogP contribution in [0.4, 0.5) is 5.69 Å². The molecule has 0 bridgehead atoms. The molecule has 1 amide bonds. The maximum Gasteiger partial charge on any atom is 0.255 e. The Kier molecular flexibility index (Phi) is 4.99. The Morgan fingerprint density at radius 3 is 2.81 bits per heavy atom. The number of carbonyl (C=O) groups is 1. The topological polar surface area (TPSA) is 49.3 Å².